The molecule has 0 bridgehead atoms. The van der Waals surface area contributed by atoms with E-state index in [1.54, 1.807) is 24.5 Å². The van der Waals surface area contributed by atoms with Crippen molar-refractivity contribution in [1.29, 1.82) is 0 Å². The molecule has 67 heavy (non-hydrogen) atoms. The number of hydrogen-bond acceptors (Lipinski definition) is 15. The number of hydrogen-bond donors (Lipinski definition) is 2. The van der Waals surface area contributed by atoms with Gasteiger partial charge in [0.25, 0.3) is 6.01 Å². The highest BCUT2D eigenvalue weighted by atomic mass is 35.5. The number of ether oxygens (including phenoxy) is 4. The predicted octanol–water partition coefficient (Wildman–Crippen LogP) is 6.15. The van der Waals surface area contributed by atoms with Crippen LogP contribution in [-0.4, -0.2) is 152 Å². The molecular formula is C47H51Cl2N11O6S. The van der Waals surface area contributed by atoms with E-state index in [0.717, 1.165) is 97.7 Å². The van der Waals surface area contributed by atoms with E-state index in [1.165, 1.54) is 4.88 Å². The summed E-state index contributed by atoms with van der Waals surface area (Å²) in [5.41, 5.74) is 6.22. The number of amides is 1. The zero-order chi connectivity index (χ0) is 46.1. The van der Waals surface area contributed by atoms with Gasteiger partial charge in [-0.05, 0) is 75.4 Å². The first-order valence-corrected chi connectivity index (χ1v) is 24.4. The first-order valence-electron chi connectivity index (χ1n) is 22.8. The molecular weight excluding hydrogens is 918 g/mol. The number of imidazole rings is 1. The Kier molecular flexibility index (Phi) is 11.9. The van der Waals surface area contributed by atoms with Crippen molar-refractivity contribution >= 4 is 63.1 Å². The summed E-state index contributed by atoms with van der Waals surface area (Å²) >= 11 is 14.8. The predicted molar refractivity (Wildman–Crippen MR) is 254 cm³/mol. The lowest BCUT2D eigenvalue weighted by molar-refractivity contribution is -0.133. The Labute approximate surface area is 401 Å². The Morgan fingerprint density at radius 2 is 1.72 bits per heavy atom. The van der Waals surface area contributed by atoms with E-state index in [1.807, 2.05) is 48.2 Å². The molecule has 20 heteroatoms. The molecule has 11 rings (SSSR count). The zero-order valence-electron chi connectivity index (χ0n) is 37.6. The SMILES string of the molecule is COc1nc(N2CCN(CC3CCN(C(=O)C[C@@H]4N=C(c5ccc(Cl)cc5)c5c(sc(C)c5C)-n5c(C)nnc54)CC3)CC2)ccc1-c1nc2nc(O[C@@H]3CO[C@H]4[C@@H]3OC[C@H]4O)[nH]c2cc1Cl. The number of carbonyl (C=O) groups is 1. The monoisotopic (exact) mass is 967 g/mol. The molecule has 5 aromatic heterocycles. The second-order valence-corrected chi connectivity index (χ2v) is 20.0. The first-order chi connectivity index (χ1) is 32.5. The molecule has 5 aliphatic heterocycles. The summed E-state index contributed by atoms with van der Waals surface area (Å²) in [4.78, 5) is 44.9. The Hall–Kier alpha value is -5.21. The summed E-state index contributed by atoms with van der Waals surface area (Å²) < 4.78 is 25.4. The van der Waals surface area contributed by atoms with E-state index in [9.17, 15) is 9.90 Å². The summed E-state index contributed by atoms with van der Waals surface area (Å²) in [6, 6.07) is 13.2. The van der Waals surface area contributed by atoms with Gasteiger partial charge in [0.1, 0.15) is 41.0 Å². The second kappa shape index (κ2) is 18.0. The number of aromatic amines is 1. The van der Waals surface area contributed by atoms with Crippen LogP contribution in [0, 0.1) is 26.7 Å². The minimum absolute atomic E-state index is 0.0879. The molecule has 5 aliphatic rings. The van der Waals surface area contributed by atoms with Crippen LogP contribution < -0.4 is 14.4 Å². The number of aryl methyl sites for hydroxylation is 2. The fourth-order valence-electron chi connectivity index (χ4n) is 10.1. The number of thiophene rings is 1. The number of H-pyrrole nitrogens is 1. The van der Waals surface area contributed by atoms with Gasteiger partial charge in [-0.25, -0.2) is 4.98 Å². The lowest BCUT2D eigenvalue weighted by Gasteiger charge is -2.39. The van der Waals surface area contributed by atoms with E-state index in [2.05, 4.69) is 48.4 Å². The number of anilines is 1. The van der Waals surface area contributed by atoms with Crippen LogP contribution in [0.15, 0.2) is 47.5 Å². The van der Waals surface area contributed by atoms with Gasteiger partial charge in [-0.15, -0.1) is 21.5 Å². The van der Waals surface area contributed by atoms with Gasteiger partial charge in [0.15, 0.2) is 17.6 Å². The molecule has 2 N–H and O–H groups in total. The number of carbonyl (C=O) groups excluding carboxylic acids is 1. The topological polar surface area (TPSA) is 181 Å². The number of aromatic nitrogens is 7. The smallest absolute Gasteiger partial charge is 0.296 e. The maximum Gasteiger partial charge on any atom is 0.296 e. The second-order valence-electron chi connectivity index (χ2n) is 18.0. The zero-order valence-corrected chi connectivity index (χ0v) is 39.9. The molecule has 4 fully saturated rings. The average Bonchev–Trinajstić information content (AvgIpc) is 4.15. The van der Waals surface area contributed by atoms with Crippen LogP contribution in [0.25, 0.3) is 27.4 Å². The molecule has 0 aliphatic carbocycles. The molecule has 6 aromatic rings. The van der Waals surface area contributed by atoms with Crippen molar-refractivity contribution in [3.8, 4) is 28.1 Å². The van der Waals surface area contributed by atoms with Gasteiger partial charge in [0.05, 0.1) is 54.3 Å². The fraction of sp³-hybridized carbons (Fsp3) is 0.468. The molecule has 1 amide bonds. The maximum absolute atomic E-state index is 14.1. The highest BCUT2D eigenvalue weighted by molar-refractivity contribution is 7.15. The first kappa shape index (κ1) is 44.3. The van der Waals surface area contributed by atoms with E-state index in [4.69, 9.17) is 57.1 Å². The molecule has 0 saturated carbocycles. The Morgan fingerprint density at radius 3 is 2.49 bits per heavy atom. The van der Waals surface area contributed by atoms with E-state index in [0.29, 0.717) is 50.1 Å². The lowest BCUT2D eigenvalue weighted by atomic mass is 9.95. The molecule has 4 saturated heterocycles. The Morgan fingerprint density at radius 1 is 0.940 bits per heavy atom. The van der Waals surface area contributed by atoms with Gasteiger partial charge >= 0.3 is 0 Å². The molecule has 10 heterocycles. The van der Waals surface area contributed by atoms with Gasteiger partial charge in [-0.1, -0.05) is 35.3 Å². The molecule has 0 radical (unpaired) electrons. The van der Waals surface area contributed by atoms with Crippen molar-refractivity contribution in [1.82, 2.24) is 44.5 Å². The summed E-state index contributed by atoms with van der Waals surface area (Å²) in [6.07, 6.45) is 0.257. The van der Waals surface area contributed by atoms with Crippen molar-refractivity contribution in [3.63, 3.8) is 0 Å². The molecule has 0 spiro atoms. The third kappa shape index (κ3) is 8.33. The molecule has 5 atom stereocenters. The molecule has 17 nitrogen and oxygen atoms in total. The van der Waals surface area contributed by atoms with Gasteiger partial charge in [0.2, 0.25) is 11.8 Å². The van der Waals surface area contributed by atoms with Crippen LogP contribution >= 0.6 is 34.5 Å². The van der Waals surface area contributed by atoms with Crippen LogP contribution in [0.1, 0.15) is 58.5 Å². The number of aliphatic hydroxyl groups excluding tert-OH is 1. The van der Waals surface area contributed by atoms with E-state index in [-0.39, 0.29) is 37.7 Å². The van der Waals surface area contributed by atoms with Crippen LogP contribution in [0.3, 0.4) is 0 Å². The van der Waals surface area contributed by atoms with Gasteiger partial charge in [-0.3, -0.25) is 19.3 Å². The average molecular weight is 969 g/mol. The van der Waals surface area contributed by atoms with E-state index < -0.39 is 24.4 Å². The number of pyridine rings is 2. The Bertz CT molecular complexity index is 2870. The lowest BCUT2D eigenvalue weighted by Crippen LogP contribution is -2.49. The van der Waals surface area contributed by atoms with Crippen LogP contribution in [0.5, 0.6) is 11.9 Å². The highest BCUT2D eigenvalue weighted by Crippen LogP contribution is 2.41. The van der Waals surface area contributed by atoms with Gasteiger partial charge in [-0.2, -0.15) is 9.97 Å². The minimum Gasteiger partial charge on any atom is -0.480 e. The number of benzene rings is 1. The summed E-state index contributed by atoms with van der Waals surface area (Å²) in [5, 5.41) is 21.3. The summed E-state index contributed by atoms with van der Waals surface area (Å²) in [6.45, 7) is 12.6. The normalized spacial score (nSPS) is 23.3. The standard InChI is InChI=1S/C47H51Cl2N11O6S/c1-24-25(2)67-46-38(24)39(28-5-7-29(48)8-6-28)50-33(44-56-55-26(3)60(44)46)20-37(62)59-13-11-27(12-14-59)21-57-15-17-58(18-16-57)36-10-9-30(45(52-36)63-4)40-31(49)19-32-43(53-40)54-47(51-32)66-35-23-65-41-34(61)22-64-42(35)41/h5-10,19,27,33-35,41-42,61H,11-18,20-23H2,1-4H3,(H,51,53,54)/t33-,34+,35+,41+,42+/m0/s1. The number of nitrogens with zero attached hydrogens (tertiary/aromatic N) is 10. The van der Waals surface area contributed by atoms with Crippen molar-refractivity contribution in [3.05, 3.63) is 85.7 Å². The van der Waals surface area contributed by atoms with Crippen molar-refractivity contribution in [2.75, 3.05) is 71.0 Å². The molecule has 1 aromatic carbocycles. The summed E-state index contributed by atoms with van der Waals surface area (Å²) in [7, 11) is 1.59. The van der Waals surface area contributed by atoms with Crippen molar-refractivity contribution < 1.29 is 28.8 Å². The number of aliphatic imine (C=N–C) groups is 1. The van der Waals surface area contributed by atoms with Crippen LogP contribution in [0.2, 0.25) is 10.0 Å². The largest absolute Gasteiger partial charge is 0.480 e. The number of piperazine rings is 1. The number of methoxy groups -OCH3 is 1. The number of aliphatic hydroxyl groups is 1. The number of fused-ring (bicyclic) bond motifs is 5. The molecule has 350 valence electrons. The van der Waals surface area contributed by atoms with E-state index >= 15 is 0 Å². The highest BCUT2D eigenvalue weighted by Gasteiger charge is 2.49. The number of halogens is 2. The van der Waals surface area contributed by atoms with Gasteiger partial charge < -0.3 is 38.8 Å². The minimum atomic E-state index is -0.670. The third-order valence-corrected chi connectivity index (χ3v) is 15.6. The van der Waals surface area contributed by atoms with Crippen molar-refractivity contribution in [2.45, 2.75) is 70.5 Å². The van der Waals surface area contributed by atoms with Gasteiger partial charge in [0, 0.05) is 66.8 Å². The van der Waals surface area contributed by atoms with Crippen LogP contribution in [0.4, 0.5) is 5.82 Å². The Balaban J connectivity index is 0.702. The number of piperidine rings is 1. The summed E-state index contributed by atoms with van der Waals surface area (Å²) in [5.74, 6) is 3.30. The van der Waals surface area contributed by atoms with Crippen LogP contribution in [-0.2, 0) is 14.3 Å². The number of likely N-dealkylation sites (tertiary alicyclic amines) is 1. The number of nitrogens with one attached hydrogen (secondary N) is 1. The maximum atomic E-state index is 14.1. The number of rotatable bonds is 10. The van der Waals surface area contributed by atoms with Crippen molar-refractivity contribution in [2.24, 2.45) is 10.9 Å². The fourth-order valence-corrected chi connectivity index (χ4v) is 11.7. The third-order valence-electron chi connectivity index (χ3n) is 13.8. The molecule has 0 unspecified atom stereocenters. The quantitative estimate of drug-likeness (QED) is 0.160.